The van der Waals surface area contributed by atoms with Gasteiger partial charge in [-0.25, -0.2) is 4.79 Å². The number of nitrogens with zero attached hydrogens (tertiary/aromatic N) is 3. The molecule has 0 saturated carbocycles. The first kappa shape index (κ1) is 24.4. The standard InChI is InChI=1S/C27H39N3O2/c1-6-28(7-2)19-24-9-8-10-25(15-24)20-30-21(3)16-29(17-22(30)4)18-23-11-13-26(14-12-23)27(31)32-5/h8-15,21-22H,6-7,16-20H2,1-5H3/t21-,22+. The van der Waals surface area contributed by atoms with Gasteiger partial charge in [0.15, 0.2) is 0 Å². The van der Waals surface area contributed by atoms with Crippen molar-refractivity contribution < 1.29 is 9.53 Å². The third-order valence-electron chi connectivity index (χ3n) is 6.62. The lowest BCUT2D eigenvalue weighted by atomic mass is 10.0. The summed E-state index contributed by atoms with van der Waals surface area (Å²) in [7, 11) is 1.42. The maximum absolute atomic E-state index is 11.7. The number of rotatable bonds is 9. The van der Waals surface area contributed by atoms with Gasteiger partial charge < -0.3 is 4.74 Å². The molecule has 0 spiro atoms. The van der Waals surface area contributed by atoms with Gasteiger partial charge in [-0.15, -0.1) is 0 Å². The van der Waals surface area contributed by atoms with Crippen molar-refractivity contribution in [2.45, 2.75) is 59.4 Å². The Bertz CT molecular complexity index is 851. The van der Waals surface area contributed by atoms with E-state index in [0.717, 1.165) is 45.8 Å². The van der Waals surface area contributed by atoms with Crippen LogP contribution in [0, 0.1) is 0 Å². The first-order valence-corrected chi connectivity index (χ1v) is 11.9. The number of carbonyl (C=O) groups is 1. The summed E-state index contributed by atoms with van der Waals surface area (Å²) >= 11 is 0. The number of hydrogen-bond donors (Lipinski definition) is 0. The van der Waals surface area contributed by atoms with E-state index in [4.69, 9.17) is 4.74 Å². The Morgan fingerprint density at radius 3 is 2.16 bits per heavy atom. The van der Waals surface area contributed by atoms with Gasteiger partial charge in [0.05, 0.1) is 12.7 Å². The summed E-state index contributed by atoms with van der Waals surface area (Å²) < 4.78 is 4.80. The number of hydrogen-bond acceptors (Lipinski definition) is 5. The molecule has 0 aromatic heterocycles. The number of carbonyl (C=O) groups excluding carboxylic acids is 1. The highest BCUT2D eigenvalue weighted by Gasteiger charge is 2.29. The molecule has 1 fully saturated rings. The van der Waals surface area contributed by atoms with Gasteiger partial charge in [-0.3, -0.25) is 14.7 Å². The Labute approximate surface area is 194 Å². The molecule has 5 heteroatoms. The molecule has 0 N–H and O–H groups in total. The molecule has 0 amide bonds. The van der Waals surface area contributed by atoms with Crippen molar-refractivity contribution in [1.29, 1.82) is 0 Å². The largest absolute Gasteiger partial charge is 0.465 e. The van der Waals surface area contributed by atoms with Gasteiger partial charge in [-0.05, 0) is 55.8 Å². The van der Waals surface area contributed by atoms with E-state index >= 15 is 0 Å². The summed E-state index contributed by atoms with van der Waals surface area (Å²) in [5.74, 6) is -0.284. The number of esters is 1. The van der Waals surface area contributed by atoms with Crippen LogP contribution in [0.2, 0.25) is 0 Å². The highest BCUT2D eigenvalue weighted by molar-refractivity contribution is 5.89. The van der Waals surface area contributed by atoms with Crippen molar-refractivity contribution in [3.8, 4) is 0 Å². The van der Waals surface area contributed by atoms with Crippen LogP contribution < -0.4 is 0 Å². The molecule has 0 unspecified atom stereocenters. The molecule has 1 saturated heterocycles. The topological polar surface area (TPSA) is 36.0 Å². The zero-order chi connectivity index (χ0) is 23.1. The average molecular weight is 438 g/mol. The lowest BCUT2D eigenvalue weighted by Crippen LogP contribution is -2.55. The average Bonchev–Trinajstić information content (AvgIpc) is 2.80. The van der Waals surface area contributed by atoms with Gasteiger partial charge in [-0.1, -0.05) is 50.2 Å². The van der Waals surface area contributed by atoms with E-state index < -0.39 is 0 Å². The zero-order valence-corrected chi connectivity index (χ0v) is 20.4. The van der Waals surface area contributed by atoms with Crippen molar-refractivity contribution in [3.63, 3.8) is 0 Å². The summed E-state index contributed by atoms with van der Waals surface area (Å²) in [6.45, 7) is 16.3. The predicted molar refractivity (Wildman–Crippen MR) is 131 cm³/mol. The fourth-order valence-electron chi connectivity index (χ4n) is 4.77. The van der Waals surface area contributed by atoms with Crippen LogP contribution in [-0.2, 0) is 24.4 Å². The van der Waals surface area contributed by atoms with Crippen LogP contribution in [0.15, 0.2) is 48.5 Å². The molecule has 2 atom stereocenters. The third-order valence-corrected chi connectivity index (χ3v) is 6.62. The first-order valence-electron chi connectivity index (χ1n) is 11.9. The van der Waals surface area contributed by atoms with E-state index in [1.54, 1.807) is 0 Å². The van der Waals surface area contributed by atoms with E-state index in [-0.39, 0.29) is 5.97 Å². The number of benzene rings is 2. The van der Waals surface area contributed by atoms with Crippen LogP contribution in [0.5, 0.6) is 0 Å². The molecule has 174 valence electrons. The molecule has 2 aromatic carbocycles. The molecule has 5 nitrogen and oxygen atoms in total. The molecule has 0 aliphatic carbocycles. The van der Waals surface area contributed by atoms with Crippen LogP contribution in [0.25, 0.3) is 0 Å². The summed E-state index contributed by atoms with van der Waals surface area (Å²) in [5.41, 5.74) is 4.64. The Hall–Kier alpha value is -2.21. The SMILES string of the molecule is CCN(CC)Cc1cccc(CN2[C@H](C)CN(Cc3ccc(C(=O)OC)cc3)C[C@@H]2C)c1. The van der Waals surface area contributed by atoms with Crippen LogP contribution in [0.4, 0.5) is 0 Å². The van der Waals surface area contributed by atoms with Crippen molar-refractivity contribution in [2.75, 3.05) is 33.3 Å². The van der Waals surface area contributed by atoms with E-state index in [1.165, 1.54) is 23.8 Å². The van der Waals surface area contributed by atoms with E-state index in [9.17, 15) is 4.79 Å². The zero-order valence-electron chi connectivity index (χ0n) is 20.4. The van der Waals surface area contributed by atoms with Crippen LogP contribution in [0.1, 0.15) is 54.7 Å². The molecule has 3 rings (SSSR count). The highest BCUT2D eigenvalue weighted by atomic mass is 16.5. The van der Waals surface area contributed by atoms with E-state index in [1.807, 2.05) is 24.3 Å². The highest BCUT2D eigenvalue weighted by Crippen LogP contribution is 2.21. The summed E-state index contributed by atoms with van der Waals surface area (Å²) in [6.07, 6.45) is 0. The number of methoxy groups -OCH3 is 1. The summed E-state index contributed by atoms with van der Waals surface area (Å²) in [6, 6.07) is 17.9. The Morgan fingerprint density at radius 1 is 0.938 bits per heavy atom. The fourth-order valence-corrected chi connectivity index (χ4v) is 4.77. The molecule has 1 aliphatic rings. The molecule has 1 aliphatic heterocycles. The van der Waals surface area contributed by atoms with Crippen LogP contribution in [-0.4, -0.2) is 66.0 Å². The van der Waals surface area contributed by atoms with Gasteiger partial charge >= 0.3 is 5.97 Å². The first-order chi connectivity index (χ1) is 15.4. The summed E-state index contributed by atoms with van der Waals surface area (Å²) in [5, 5.41) is 0. The van der Waals surface area contributed by atoms with Crippen molar-refractivity contribution in [3.05, 3.63) is 70.8 Å². The van der Waals surface area contributed by atoms with Crippen molar-refractivity contribution >= 4 is 5.97 Å². The fraction of sp³-hybridized carbons (Fsp3) is 0.519. The minimum atomic E-state index is -0.284. The van der Waals surface area contributed by atoms with Gasteiger partial charge in [0.1, 0.15) is 0 Å². The van der Waals surface area contributed by atoms with Gasteiger partial charge in [0.2, 0.25) is 0 Å². The Kier molecular flexibility index (Phi) is 8.85. The Balaban J connectivity index is 1.58. The van der Waals surface area contributed by atoms with E-state index in [0.29, 0.717) is 17.6 Å². The second-order valence-electron chi connectivity index (χ2n) is 9.03. The molecule has 0 bridgehead atoms. The lowest BCUT2D eigenvalue weighted by Gasteiger charge is -2.44. The summed E-state index contributed by atoms with van der Waals surface area (Å²) in [4.78, 5) is 19.3. The van der Waals surface area contributed by atoms with Gasteiger partial charge in [0, 0.05) is 44.8 Å². The molecule has 32 heavy (non-hydrogen) atoms. The second kappa shape index (κ2) is 11.6. The molecule has 0 radical (unpaired) electrons. The smallest absolute Gasteiger partial charge is 0.337 e. The maximum Gasteiger partial charge on any atom is 0.337 e. The third kappa shape index (κ3) is 6.41. The second-order valence-corrected chi connectivity index (χ2v) is 9.03. The number of piperazine rings is 1. The van der Waals surface area contributed by atoms with Crippen molar-refractivity contribution in [1.82, 2.24) is 14.7 Å². The molecular formula is C27H39N3O2. The van der Waals surface area contributed by atoms with Gasteiger partial charge in [0.25, 0.3) is 0 Å². The van der Waals surface area contributed by atoms with Crippen molar-refractivity contribution in [2.24, 2.45) is 0 Å². The maximum atomic E-state index is 11.7. The predicted octanol–water partition coefficient (Wildman–Crippen LogP) is 4.41. The minimum absolute atomic E-state index is 0.284. The van der Waals surface area contributed by atoms with E-state index in [2.05, 4.69) is 66.7 Å². The Morgan fingerprint density at radius 2 is 1.56 bits per heavy atom. The molecule has 1 heterocycles. The van der Waals surface area contributed by atoms with Crippen LogP contribution >= 0.6 is 0 Å². The number of ether oxygens (including phenoxy) is 1. The lowest BCUT2D eigenvalue weighted by molar-refractivity contribution is 0.0290. The monoisotopic (exact) mass is 437 g/mol. The molecule has 2 aromatic rings. The van der Waals surface area contributed by atoms with Gasteiger partial charge in [-0.2, -0.15) is 0 Å². The molecular weight excluding hydrogens is 398 g/mol. The normalized spacial score (nSPS) is 19.9. The van der Waals surface area contributed by atoms with Crippen LogP contribution in [0.3, 0.4) is 0 Å². The quantitative estimate of drug-likeness (QED) is 0.543. The minimum Gasteiger partial charge on any atom is -0.465 e.